The molecule has 18 heteroatoms. The molecule has 0 aliphatic rings. The molecule has 0 bridgehead atoms. The number of rotatable bonds is 7. The van der Waals surface area contributed by atoms with Gasteiger partial charge >= 0.3 is 6.18 Å². The second-order valence-electron chi connectivity index (χ2n) is 20.6. The van der Waals surface area contributed by atoms with Gasteiger partial charge in [0.15, 0.2) is 39.8 Å². The molecule has 0 amide bonds. The van der Waals surface area contributed by atoms with Crippen molar-refractivity contribution in [3.8, 4) is 103 Å². The Kier molecular flexibility index (Phi) is 14.0. The average Bonchev–Trinajstić information content (AvgIpc) is 1.56. The molecule has 0 N–H and O–H groups in total. The molecule has 0 saturated heterocycles. The largest absolute Gasteiger partial charge is 0.416 e. The number of benzene rings is 10. The molecule has 92 heavy (non-hydrogen) atoms. The van der Waals surface area contributed by atoms with E-state index in [2.05, 4.69) is 58.2 Å². The molecule has 12 rings (SSSR count). The predicted molar refractivity (Wildman–Crippen MR) is 339 cm³/mol. The standard InChI is InChI=1S/C74H26F3N15/c1-84-51-13-14-54(69(33-51)92-66-17-10-43(71-47(37-81)21-41(35-79)23-61(71)88-5)27-57(66)58-29-45(11-18-67(58)92)73-49(39-83)25-53(86-3)32-63(73)90-7)59-30-50(74(75,76)77)12-19-68(59)91-64-15-8-42(70-46(36-80)20-40(34-78)22-60(70)87-4)26-55(64)56-28-44(9-16-65(56)91)72-48(38-82)24-52(85-2)31-62(72)89-6/h8-33H. The number of nitriles is 6. The molecule has 0 fully saturated rings. The molecule has 10 aromatic carbocycles. The van der Waals surface area contributed by atoms with Crippen LogP contribution in [-0.4, -0.2) is 9.13 Å². The normalized spacial score (nSPS) is 10.6. The molecule has 0 atom stereocenters. The first-order valence-corrected chi connectivity index (χ1v) is 26.9. The highest BCUT2D eigenvalue weighted by atomic mass is 19.4. The van der Waals surface area contributed by atoms with Gasteiger partial charge in [0.1, 0.15) is 0 Å². The third-order valence-corrected chi connectivity index (χ3v) is 15.8. The molecule has 15 nitrogen and oxygen atoms in total. The van der Waals surface area contributed by atoms with Gasteiger partial charge in [-0.25, -0.2) is 33.9 Å². The lowest BCUT2D eigenvalue weighted by atomic mass is 9.94. The van der Waals surface area contributed by atoms with Crippen LogP contribution in [0.3, 0.4) is 0 Å². The van der Waals surface area contributed by atoms with Crippen LogP contribution in [0.1, 0.15) is 38.9 Å². The minimum Gasteiger partial charge on any atom is -0.310 e. The zero-order valence-corrected chi connectivity index (χ0v) is 46.9. The second-order valence-corrected chi connectivity index (χ2v) is 20.6. The van der Waals surface area contributed by atoms with Crippen LogP contribution in [0.15, 0.2) is 158 Å². The number of aromatic nitrogens is 2. The van der Waals surface area contributed by atoms with E-state index in [0.717, 1.165) is 12.1 Å². The Balaban J connectivity index is 1.20. The Bertz CT molecular complexity index is 5560. The van der Waals surface area contributed by atoms with Crippen LogP contribution in [-0.2, 0) is 6.18 Å². The minimum absolute atomic E-state index is 0.000655. The summed E-state index contributed by atoms with van der Waals surface area (Å²) in [6, 6.07) is 51.2. The van der Waals surface area contributed by atoms with Gasteiger partial charge in [-0.15, -0.1) is 0 Å². The maximum Gasteiger partial charge on any atom is 0.416 e. The summed E-state index contributed by atoms with van der Waals surface area (Å²) in [7, 11) is 0. The maximum absolute atomic E-state index is 15.5. The Labute approximate surface area is 521 Å². The lowest BCUT2D eigenvalue weighted by molar-refractivity contribution is -0.137. The van der Waals surface area contributed by atoms with Crippen molar-refractivity contribution < 1.29 is 13.2 Å². The Hall–Kier alpha value is -15.0. The van der Waals surface area contributed by atoms with Gasteiger partial charge in [-0.05, 0) is 131 Å². The van der Waals surface area contributed by atoms with E-state index in [1.165, 1.54) is 72.8 Å². The molecule has 0 radical (unpaired) electrons. The van der Waals surface area contributed by atoms with Gasteiger partial charge in [0.2, 0.25) is 0 Å². The summed E-state index contributed by atoms with van der Waals surface area (Å²) in [5.74, 6) is 0. The molecular formula is C74H26F3N15. The molecule has 0 aliphatic heterocycles. The first-order chi connectivity index (χ1) is 44.6. The average molecular weight is 1180 g/mol. The Morgan fingerprint density at radius 1 is 0.315 bits per heavy atom. The Morgan fingerprint density at radius 2 is 0.674 bits per heavy atom. The molecule has 2 heterocycles. The summed E-state index contributed by atoms with van der Waals surface area (Å²) in [6.45, 7) is 56.1. The van der Waals surface area contributed by atoms with Gasteiger partial charge in [0, 0.05) is 82.9 Å². The van der Waals surface area contributed by atoms with Crippen LogP contribution < -0.4 is 0 Å². The fourth-order valence-corrected chi connectivity index (χ4v) is 12.0. The fourth-order valence-electron chi connectivity index (χ4n) is 12.0. The molecule has 0 aliphatic carbocycles. The lowest BCUT2D eigenvalue weighted by Gasteiger charge is -2.21. The second kappa shape index (κ2) is 22.4. The van der Waals surface area contributed by atoms with Crippen molar-refractivity contribution in [1.29, 1.82) is 31.6 Å². The van der Waals surface area contributed by atoms with E-state index in [-0.39, 0.29) is 118 Å². The fraction of sp³-hybridized carbons (Fsp3) is 0.0135. The maximum atomic E-state index is 15.5. The highest BCUT2D eigenvalue weighted by Gasteiger charge is 2.33. The number of nitrogens with zero attached hydrogens (tertiary/aromatic N) is 15. The van der Waals surface area contributed by atoms with Crippen LogP contribution in [0.2, 0.25) is 0 Å². The van der Waals surface area contributed by atoms with Crippen LogP contribution >= 0.6 is 0 Å². The van der Waals surface area contributed by atoms with Crippen molar-refractivity contribution >= 4 is 83.4 Å². The SMILES string of the molecule is [C-]#[N+]c1cc(C#N)c(-c2ccc3c(c2)c2cc(-c4c(C#N)cc(C#N)cc4[N+]#[C-])ccc2n3-c2ccc(C(F)(F)F)cc2-c2ccc([N+]#[C-])cc2-n2c3ccc(-c4c(C#N)cc(C#N)cc4[N+]#[C-])cc3c3cc(-c4c(C#N)cc([N+]#[C-])cc4[N+]#[C-])ccc32)c([N+]#[C-])c1. The number of hydrogen-bond acceptors (Lipinski definition) is 6. The van der Waals surface area contributed by atoms with E-state index in [1.54, 1.807) is 81.9 Å². The highest BCUT2D eigenvalue weighted by Crippen LogP contribution is 2.49. The predicted octanol–water partition coefficient (Wildman–Crippen LogP) is 20.3. The summed E-state index contributed by atoms with van der Waals surface area (Å²) >= 11 is 0. The van der Waals surface area contributed by atoms with Crippen molar-refractivity contribution in [2.75, 3.05) is 0 Å². The van der Waals surface area contributed by atoms with Gasteiger partial charge < -0.3 is 9.13 Å². The van der Waals surface area contributed by atoms with Crippen molar-refractivity contribution in [3.63, 3.8) is 0 Å². The summed E-state index contributed by atoms with van der Waals surface area (Å²) in [4.78, 5) is 25.4. The summed E-state index contributed by atoms with van der Waals surface area (Å²) < 4.78 is 50.0. The van der Waals surface area contributed by atoms with Crippen LogP contribution in [0.4, 0.5) is 53.0 Å². The van der Waals surface area contributed by atoms with E-state index < -0.39 is 11.7 Å². The van der Waals surface area contributed by atoms with E-state index in [1.807, 2.05) is 12.1 Å². The molecule has 418 valence electrons. The van der Waals surface area contributed by atoms with E-state index in [0.29, 0.717) is 65.9 Å². The van der Waals surface area contributed by atoms with Crippen LogP contribution in [0, 0.1) is 114 Å². The van der Waals surface area contributed by atoms with Gasteiger partial charge in [-0.1, -0.05) is 48.5 Å². The third kappa shape index (κ3) is 9.21. The van der Waals surface area contributed by atoms with E-state index in [9.17, 15) is 31.6 Å². The van der Waals surface area contributed by atoms with E-state index in [4.69, 9.17) is 46.0 Å². The summed E-state index contributed by atoms with van der Waals surface area (Å²) in [6.07, 6.45) is -4.92. The monoisotopic (exact) mass is 1180 g/mol. The number of fused-ring (bicyclic) bond motifs is 6. The quantitative estimate of drug-likeness (QED) is 0.143. The molecule has 0 saturated carbocycles. The van der Waals surface area contributed by atoms with Gasteiger partial charge in [0.25, 0.3) is 0 Å². The molecule has 12 aromatic rings. The van der Waals surface area contributed by atoms with Crippen molar-refractivity contribution in [2.45, 2.75) is 6.18 Å². The summed E-state index contributed by atoms with van der Waals surface area (Å²) in [5, 5.41) is 63.3. The molecule has 0 unspecified atom stereocenters. The number of hydrogen-bond donors (Lipinski definition) is 0. The topological polar surface area (TPSA) is 183 Å². The molecule has 2 aromatic heterocycles. The number of halogens is 3. The van der Waals surface area contributed by atoms with Crippen molar-refractivity contribution in [1.82, 2.24) is 9.13 Å². The van der Waals surface area contributed by atoms with Gasteiger partial charge in [-0.3, -0.25) is 0 Å². The first-order valence-electron chi connectivity index (χ1n) is 26.9. The third-order valence-electron chi connectivity index (χ3n) is 15.8. The van der Waals surface area contributed by atoms with Crippen molar-refractivity contribution in [2.24, 2.45) is 0 Å². The van der Waals surface area contributed by atoms with Gasteiger partial charge in [0.05, 0.1) is 127 Å². The van der Waals surface area contributed by atoms with Crippen LogP contribution in [0.25, 0.3) is 145 Å². The number of alkyl halides is 3. The lowest BCUT2D eigenvalue weighted by Crippen LogP contribution is -2.08. The van der Waals surface area contributed by atoms with Crippen molar-refractivity contribution in [3.05, 3.63) is 277 Å². The van der Waals surface area contributed by atoms with E-state index >= 15 is 13.2 Å². The van der Waals surface area contributed by atoms with Crippen LogP contribution in [0.5, 0.6) is 0 Å². The molecule has 0 spiro atoms. The minimum atomic E-state index is -4.92. The summed E-state index contributed by atoms with van der Waals surface area (Å²) in [5.41, 5.74) is 3.76. The first kappa shape index (κ1) is 57.4. The van der Waals surface area contributed by atoms with Gasteiger partial charge in [-0.2, -0.15) is 44.7 Å². The smallest absolute Gasteiger partial charge is 0.310 e. The Morgan fingerprint density at radius 3 is 1.01 bits per heavy atom. The molecular weight excluding hydrogens is 1160 g/mol. The zero-order chi connectivity index (χ0) is 64.9. The zero-order valence-electron chi connectivity index (χ0n) is 46.9. The highest BCUT2D eigenvalue weighted by molar-refractivity contribution is 6.15.